The molecule has 3 aliphatic rings. The van der Waals surface area contributed by atoms with E-state index in [4.69, 9.17) is 0 Å². The fraction of sp³-hybridized carbons (Fsp3) is 1.00. The molecule has 2 bridgehead atoms. The third kappa shape index (κ3) is 0.416. The van der Waals surface area contributed by atoms with Crippen molar-refractivity contribution in [3.8, 4) is 0 Å². The molecular formula is C8H14. The van der Waals surface area contributed by atoms with Crippen molar-refractivity contribution in [2.75, 3.05) is 0 Å². The van der Waals surface area contributed by atoms with Gasteiger partial charge in [-0.2, -0.15) is 0 Å². The standard InChI is InChI=1S/C8H14/c1-2-3-8-6-4-7(8)5-6/h6-8H,2-5H2,1H3. The van der Waals surface area contributed by atoms with Crippen molar-refractivity contribution in [2.45, 2.75) is 32.6 Å². The molecule has 3 saturated carbocycles. The first-order chi connectivity index (χ1) is 3.92. The zero-order chi connectivity index (χ0) is 5.56. The molecular weight excluding hydrogens is 96.1 g/mol. The van der Waals surface area contributed by atoms with Crippen LogP contribution in [0.3, 0.4) is 0 Å². The molecule has 0 heterocycles. The first-order valence-corrected chi connectivity index (χ1v) is 3.92. The van der Waals surface area contributed by atoms with Gasteiger partial charge in [0.1, 0.15) is 0 Å². The van der Waals surface area contributed by atoms with Crippen molar-refractivity contribution in [1.82, 2.24) is 0 Å². The second-order valence-corrected chi connectivity index (χ2v) is 3.44. The van der Waals surface area contributed by atoms with Crippen LogP contribution in [0.4, 0.5) is 0 Å². The zero-order valence-electron chi connectivity index (χ0n) is 5.56. The summed E-state index contributed by atoms with van der Waals surface area (Å²) in [4.78, 5) is 0. The summed E-state index contributed by atoms with van der Waals surface area (Å²) in [6.07, 6.45) is 6.11. The Hall–Kier alpha value is 0. The Morgan fingerprint density at radius 3 is 2.00 bits per heavy atom. The molecule has 0 aromatic heterocycles. The Bertz CT molecular complexity index is 82.2. The van der Waals surface area contributed by atoms with Crippen LogP contribution >= 0.6 is 0 Å². The molecule has 0 N–H and O–H groups in total. The molecule has 0 heteroatoms. The van der Waals surface area contributed by atoms with E-state index in [2.05, 4.69) is 6.92 Å². The summed E-state index contributed by atoms with van der Waals surface area (Å²) in [6.45, 7) is 2.30. The van der Waals surface area contributed by atoms with E-state index in [9.17, 15) is 0 Å². The van der Waals surface area contributed by atoms with Crippen molar-refractivity contribution in [1.29, 1.82) is 0 Å². The Labute approximate surface area is 51.3 Å². The lowest BCUT2D eigenvalue weighted by molar-refractivity contribution is -0.0850. The summed E-state index contributed by atoms with van der Waals surface area (Å²) in [5, 5.41) is 0. The molecule has 0 saturated heterocycles. The average molecular weight is 110 g/mol. The minimum atomic E-state index is 1.19. The molecule has 0 nitrogen and oxygen atoms in total. The van der Waals surface area contributed by atoms with Crippen molar-refractivity contribution < 1.29 is 0 Å². The van der Waals surface area contributed by atoms with Crippen molar-refractivity contribution >= 4 is 0 Å². The maximum absolute atomic E-state index is 2.30. The van der Waals surface area contributed by atoms with E-state index in [0.717, 1.165) is 0 Å². The van der Waals surface area contributed by atoms with Crippen LogP contribution in [-0.2, 0) is 0 Å². The van der Waals surface area contributed by atoms with E-state index in [0.29, 0.717) is 0 Å². The minimum Gasteiger partial charge on any atom is -0.0654 e. The van der Waals surface area contributed by atoms with Gasteiger partial charge in [0.25, 0.3) is 0 Å². The Morgan fingerprint density at radius 1 is 1.25 bits per heavy atom. The van der Waals surface area contributed by atoms with Crippen LogP contribution < -0.4 is 0 Å². The summed E-state index contributed by atoms with van der Waals surface area (Å²) >= 11 is 0. The van der Waals surface area contributed by atoms with Gasteiger partial charge in [-0.15, -0.1) is 0 Å². The largest absolute Gasteiger partial charge is 0.0654 e. The fourth-order valence-corrected chi connectivity index (χ4v) is 2.21. The monoisotopic (exact) mass is 110 g/mol. The van der Waals surface area contributed by atoms with Gasteiger partial charge in [0, 0.05) is 0 Å². The minimum absolute atomic E-state index is 1.19. The van der Waals surface area contributed by atoms with Gasteiger partial charge < -0.3 is 0 Å². The maximum Gasteiger partial charge on any atom is -0.0357 e. The van der Waals surface area contributed by atoms with Gasteiger partial charge in [-0.25, -0.2) is 0 Å². The van der Waals surface area contributed by atoms with Crippen molar-refractivity contribution in [3.05, 3.63) is 0 Å². The quantitative estimate of drug-likeness (QED) is 0.512. The second-order valence-electron chi connectivity index (χ2n) is 3.44. The predicted octanol–water partition coefficient (Wildman–Crippen LogP) is 2.44. The fourth-order valence-electron chi connectivity index (χ4n) is 2.21. The van der Waals surface area contributed by atoms with Crippen LogP contribution in [0.2, 0.25) is 0 Å². The number of hydrogen-bond donors (Lipinski definition) is 0. The van der Waals surface area contributed by atoms with Crippen LogP contribution in [0.5, 0.6) is 0 Å². The molecule has 46 valence electrons. The second kappa shape index (κ2) is 1.49. The smallest absolute Gasteiger partial charge is 0.0357 e. The Kier molecular flexibility index (Phi) is 0.902. The first-order valence-electron chi connectivity index (χ1n) is 3.92. The molecule has 0 amide bonds. The van der Waals surface area contributed by atoms with Gasteiger partial charge in [0.15, 0.2) is 0 Å². The summed E-state index contributed by atoms with van der Waals surface area (Å²) in [5.41, 5.74) is 0. The number of rotatable bonds is 2. The van der Waals surface area contributed by atoms with Crippen molar-refractivity contribution in [2.24, 2.45) is 17.8 Å². The highest BCUT2D eigenvalue weighted by Crippen LogP contribution is 2.60. The lowest BCUT2D eigenvalue weighted by atomic mass is 9.47. The van der Waals surface area contributed by atoms with E-state index in [1.807, 2.05) is 0 Å². The molecule has 8 heavy (non-hydrogen) atoms. The lowest BCUT2D eigenvalue weighted by Gasteiger charge is -2.58. The molecule has 0 atom stereocenters. The van der Waals surface area contributed by atoms with Gasteiger partial charge in [-0.1, -0.05) is 19.8 Å². The molecule has 0 radical (unpaired) electrons. The van der Waals surface area contributed by atoms with Crippen LogP contribution in [0.1, 0.15) is 32.6 Å². The van der Waals surface area contributed by atoms with Gasteiger partial charge in [0.05, 0.1) is 0 Å². The van der Waals surface area contributed by atoms with E-state index in [1.54, 1.807) is 12.8 Å². The highest BCUT2D eigenvalue weighted by molar-refractivity contribution is 5.00. The van der Waals surface area contributed by atoms with Crippen LogP contribution in [-0.4, -0.2) is 0 Å². The van der Waals surface area contributed by atoms with Gasteiger partial charge in [-0.05, 0) is 30.6 Å². The normalized spacial score (nSPS) is 49.9. The van der Waals surface area contributed by atoms with E-state index < -0.39 is 0 Å². The molecule has 0 aromatic rings. The predicted molar refractivity (Wildman–Crippen MR) is 34.6 cm³/mol. The molecule has 3 fully saturated rings. The maximum atomic E-state index is 2.30. The van der Waals surface area contributed by atoms with E-state index in [1.165, 1.54) is 30.6 Å². The van der Waals surface area contributed by atoms with Gasteiger partial charge in [0.2, 0.25) is 0 Å². The zero-order valence-corrected chi connectivity index (χ0v) is 5.56. The third-order valence-corrected chi connectivity index (χ3v) is 3.04. The Balaban J connectivity index is 1.78. The van der Waals surface area contributed by atoms with Crippen LogP contribution in [0, 0.1) is 17.8 Å². The molecule has 0 spiro atoms. The third-order valence-electron chi connectivity index (χ3n) is 3.04. The van der Waals surface area contributed by atoms with E-state index in [-0.39, 0.29) is 0 Å². The Morgan fingerprint density at radius 2 is 1.88 bits per heavy atom. The van der Waals surface area contributed by atoms with Crippen LogP contribution in [0.15, 0.2) is 0 Å². The van der Waals surface area contributed by atoms with Crippen molar-refractivity contribution in [3.63, 3.8) is 0 Å². The van der Waals surface area contributed by atoms with E-state index >= 15 is 0 Å². The van der Waals surface area contributed by atoms with Crippen LogP contribution in [0.25, 0.3) is 0 Å². The first kappa shape index (κ1) is 4.84. The SMILES string of the molecule is CCCC1C2CC1C2. The molecule has 0 aliphatic heterocycles. The summed E-state index contributed by atoms with van der Waals surface area (Å²) < 4.78 is 0. The summed E-state index contributed by atoms with van der Waals surface area (Å²) in [6, 6.07) is 0. The molecule has 3 rings (SSSR count). The molecule has 0 unspecified atom stereocenters. The molecule has 0 aromatic carbocycles. The summed E-state index contributed by atoms with van der Waals surface area (Å²) in [7, 11) is 0. The number of hydrogen-bond acceptors (Lipinski definition) is 0. The topological polar surface area (TPSA) is 0 Å². The molecule has 3 aliphatic carbocycles. The van der Waals surface area contributed by atoms with Gasteiger partial charge >= 0.3 is 0 Å². The highest BCUT2D eigenvalue weighted by Gasteiger charge is 2.51. The summed E-state index contributed by atoms with van der Waals surface area (Å²) in [5.74, 6) is 3.58. The lowest BCUT2D eigenvalue weighted by Crippen LogP contribution is -2.49. The average Bonchev–Trinajstić information content (AvgIpc) is 1.53. The van der Waals surface area contributed by atoms with Gasteiger partial charge in [-0.3, -0.25) is 0 Å². The highest BCUT2D eigenvalue weighted by atomic mass is 14.6.